The third-order valence-corrected chi connectivity index (χ3v) is 16.5. The molecule has 0 aromatic carbocycles. The SMILES string of the molecule is CCCCCCCC/C=C/CCCCCCCCCCCCCCCC(=O)OC(/C=C/CCCCCCCCCCC)C(COP(=O)(O)OCC[N+](C)(C)C)NC(=O)CCCCCCCCCCC/C=C/CCCCCCCC. The van der Waals surface area contributed by atoms with E-state index in [1.165, 1.54) is 250 Å². The van der Waals surface area contributed by atoms with Crippen molar-refractivity contribution in [2.45, 2.75) is 354 Å². The Hall–Kier alpha value is -1.77. The first-order valence-electron chi connectivity index (χ1n) is 34.3. The van der Waals surface area contributed by atoms with Gasteiger partial charge in [-0.25, -0.2) is 4.57 Å². The number of allylic oxidation sites excluding steroid dienone is 5. The fourth-order valence-electron chi connectivity index (χ4n) is 10.2. The summed E-state index contributed by atoms with van der Waals surface area (Å²) in [7, 11) is 1.51. The van der Waals surface area contributed by atoms with E-state index in [4.69, 9.17) is 13.8 Å². The van der Waals surface area contributed by atoms with Gasteiger partial charge in [0.2, 0.25) is 5.91 Å². The summed E-state index contributed by atoms with van der Waals surface area (Å²) in [5.74, 6) is -0.492. The highest BCUT2D eigenvalue weighted by molar-refractivity contribution is 7.47. The Labute approximate surface area is 491 Å². The zero-order valence-corrected chi connectivity index (χ0v) is 54.3. The van der Waals surface area contributed by atoms with Crippen molar-refractivity contribution in [2.75, 3.05) is 40.9 Å². The highest BCUT2D eigenvalue weighted by atomic mass is 31.2. The fraction of sp³-hybridized carbons (Fsp3) is 0.884. The highest BCUT2D eigenvalue weighted by Crippen LogP contribution is 2.43. The van der Waals surface area contributed by atoms with Crippen molar-refractivity contribution in [3.05, 3.63) is 36.5 Å². The first-order valence-corrected chi connectivity index (χ1v) is 35.8. The zero-order valence-electron chi connectivity index (χ0n) is 53.4. The summed E-state index contributed by atoms with van der Waals surface area (Å²) >= 11 is 0. The number of likely N-dealkylation sites (N-methyl/N-ethyl adjacent to an activating group) is 1. The Morgan fingerprint density at radius 1 is 0.430 bits per heavy atom. The number of unbranched alkanes of at least 4 members (excludes halogenated alkanes) is 43. The van der Waals surface area contributed by atoms with Crippen molar-refractivity contribution >= 4 is 19.7 Å². The molecular formula is C69H134N2O7P+. The quantitative estimate of drug-likeness (QED) is 0.0205. The normalized spacial score (nSPS) is 13.8. The number of esters is 1. The molecule has 0 saturated heterocycles. The number of amides is 1. The largest absolute Gasteiger partial charge is 0.472 e. The van der Waals surface area contributed by atoms with Crippen LogP contribution in [0.25, 0.3) is 0 Å². The third kappa shape index (κ3) is 60.6. The number of carbonyl (C=O) groups is 2. The van der Waals surface area contributed by atoms with E-state index in [0.717, 1.165) is 57.8 Å². The summed E-state index contributed by atoms with van der Waals surface area (Å²) in [6.45, 7) is 7.05. The van der Waals surface area contributed by atoms with Gasteiger partial charge in [-0.2, -0.15) is 0 Å². The maximum atomic E-state index is 13.6. The average Bonchev–Trinajstić information content (AvgIpc) is 3.41. The predicted octanol–water partition coefficient (Wildman–Crippen LogP) is 21.5. The highest BCUT2D eigenvalue weighted by Gasteiger charge is 2.30. The summed E-state index contributed by atoms with van der Waals surface area (Å²) in [4.78, 5) is 37.8. The number of hydrogen-bond acceptors (Lipinski definition) is 6. The first-order chi connectivity index (χ1) is 38.4. The van der Waals surface area contributed by atoms with Crippen LogP contribution in [0.1, 0.15) is 342 Å². The lowest BCUT2D eigenvalue weighted by Crippen LogP contribution is -2.47. The van der Waals surface area contributed by atoms with Gasteiger partial charge in [0.05, 0.1) is 33.8 Å². The Morgan fingerprint density at radius 2 is 0.734 bits per heavy atom. The number of ether oxygens (including phenoxy) is 1. The maximum Gasteiger partial charge on any atom is 0.472 e. The lowest BCUT2D eigenvalue weighted by Gasteiger charge is -2.27. The summed E-state index contributed by atoms with van der Waals surface area (Å²) in [6.07, 6.45) is 72.9. The van der Waals surface area contributed by atoms with Gasteiger partial charge >= 0.3 is 13.8 Å². The second-order valence-corrected chi connectivity index (χ2v) is 26.1. The molecule has 3 atom stereocenters. The van der Waals surface area contributed by atoms with Crippen molar-refractivity contribution in [1.82, 2.24) is 5.32 Å². The van der Waals surface area contributed by atoms with E-state index in [1.807, 2.05) is 33.3 Å². The van der Waals surface area contributed by atoms with Gasteiger partial charge in [0.1, 0.15) is 19.3 Å². The standard InChI is InChI=1S/C69H133N2O7P/c1-7-10-13-16-19-22-25-27-29-31-33-34-35-36-38-40-42-44-47-50-53-56-59-62-69(73)78-67(60-57-54-51-48-45-24-21-18-15-12-9-3)66(65-77-79(74,75)76-64-63-71(4,5)6)70-68(72)61-58-55-52-49-46-43-41-39-37-32-30-28-26-23-20-17-14-11-8-2/h27-30,57,60,66-67H,7-26,31-56,58-59,61-65H2,1-6H3,(H-,70,72,74,75)/p+1/b29-27+,30-28+,60-57+. The maximum absolute atomic E-state index is 13.6. The molecular weight excluding hydrogens is 1000 g/mol. The van der Waals surface area contributed by atoms with Gasteiger partial charge in [0, 0.05) is 12.8 Å². The van der Waals surface area contributed by atoms with Gasteiger partial charge in [-0.15, -0.1) is 0 Å². The molecule has 0 rings (SSSR count). The van der Waals surface area contributed by atoms with Gasteiger partial charge in [-0.05, 0) is 83.1 Å². The monoisotopic (exact) mass is 1130 g/mol. The van der Waals surface area contributed by atoms with Crippen molar-refractivity contribution in [1.29, 1.82) is 0 Å². The molecule has 0 saturated carbocycles. The zero-order chi connectivity index (χ0) is 57.9. The summed E-state index contributed by atoms with van der Waals surface area (Å²) in [5, 5.41) is 3.07. The van der Waals surface area contributed by atoms with Gasteiger partial charge in [-0.1, -0.05) is 282 Å². The van der Waals surface area contributed by atoms with Gasteiger partial charge in [0.15, 0.2) is 0 Å². The molecule has 79 heavy (non-hydrogen) atoms. The van der Waals surface area contributed by atoms with Crippen LogP contribution in [0.4, 0.5) is 0 Å². The number of nitrogens with zero attached hydrogens (tertiary/aromatic N) is 1. The van der Waals surface area contributed by atoms with Gasteiger partial charge in [-0.3, -0.25) is 18.6 Å². The molecule has 0 aliphatic rings. The number of nitrogens with one attached hydrogen (secondary N) is 1. The molecule has 0 heterocycles. The van der Waals surface area contributed by atoms with E-state index in [9.17, 15) is 19.0 Å². The molecule has 466 valence electrons. The molecule has 1 amide bonds. The van der Waals surface area contributed by atoms with Crippen LogP contribution in [0, 0.1) is 0 Å². The summed E-state index contributed by atoms with van der Waals surface area (Å²) < 4.78 is 30.8. The van der Waals surface area contributed by atoms with Crippen molar-refractivity contribution in [3.63, 3.8) is 0 Å². The number of phosphoric ester groups is 1. The molecule has 0 aliphatic carbocycles. The van der Waals surface area contributed by atoms with Gasteiger partial charge in [0.25, 0.3) is 0 Å². The van der Waals surface area contributed by atoms with E-state index in [2.05, 4.69) is 50.4 Å². The van der Waals surface area contributed by atoms with E-state index < -0.39 is 20.0 Å². The van der Waals surface area contributed by atoms with Crippen molar-refractivity contribution < 1.29 is 37.3 Å². The second kappa shape index (κ2) is 59.4. The third-order valence-electron chi connectivity index (χ3n) is 15.6. The van der Waals surface area contributed by atoms with Crippen LogP contribution in [-0.2, 0) is 27.9 Å². The molecule has 0 spiro atoms. The molecule has 10 heteroatoms. The predicted molar refractivity (Wildman–Crippen MR) is 342 cm³/mol. The van der Waals surface area contributed by atoms with E-state index in [1.54, 1.807) is 0 Å². The average molecular weight is 1130 g/mol. The molecule has 3 unspecified atom stereocenters. The van der Waals surface area contributed by atoms with Crippen LogP contribution in [0.2, 0.25) is 0 Å². The smallest absolute Gasteiger partial charge is 0.456 e. The Kier molecular flexibility index (Phi) is 58.1. The molecule has 0 bridgehead atoms. The molecule has 0 aromatic heterocycles. The van der Waals surface area contributed by atoms with Crippen LogP contribution in [-0.4, -0.2) is 74.3 Å². The summed E-state index contributed by atoms with van der Waals surface area (Å²) in [5.41, 5.74) is 0. The molecule has 2 N–H and O–H groups in total. The van der Waals surface area contributed by atoms with E-state index in [0.29, 0.717) is 23.9 Å². The minimum Gasteiger partial charge on any atom is -0.456 e. The van der Waals surface area contributed by atoms with Crippen molar-refractivity contribution in [3.8, 4) is 0 Å². The number of carbonyl (C=O) groups excluding carboxylic acids is 2. The van der Waals surface area contributed by atoms with E-state index in [-0.39, 0.29) is 25.1 Å². The Balaban J connectivity index is 5.05. The van der Waals surface area contributed by atoms with Crippen LogP contribution in [0.15, 0.2) is 36.5 Å². The molecule has 0 aliphatic heterocycles. The molecule has 0 aromatic rings. The summed E-state index contributed by atoms with van der Waals surface area (Å²) in [6, 6.07) is -0.846. The first kappa shape index (κ1) is 77.2. The molecule has 9 nitrogen and oxygen atoms in total. The fourth-order valence-corrected chi connectivity index (χ4v) is 11.0. The number of quaternary nitrogens is 1. The lowest BCUT2D eigenvalue weighted by atomic mass is 10.0. The topological polar surface area (TPSA) is 111 Å². The Bertz CT molecular complexity index is 1450. The Morgan fingerprint density at radius 3 is 1.08 bits per heavy atom. The van der Waals surface area contributed by atoms with Crippen LogP contribution in [0.3, 0.4) is 0 Å². The second-order valence-electron chi connectivity index (χ2n) is 24.7. The number of hydrogen-bond donors (Lipinski definition) is 2. The number of phosphoric acid groups is 1. The minimum absolute atomic E-state index is 0.0420. The van der Waals surface area contributed by atoms with Gasteiger partial charge < -0.3 is 19.4 Å². The van der Waals surface area contributed by atoms with Crippen molar-refractivity contribution in [2.24, 2.45) is 0 Å². The van der Waals surface area contributed by atoms with E-state index >= 15 is 0 Å². The minimum atomic E-state index is -4.45. The van der Waals surface area contributed by atoms with Crippen LogP contribution < -0.4 is 5.32 Å². The number of rotatable bonds is 63. The van der Waals surface area contributed by atoms with Crippen LogP contribution in [0.5, 0.6) is 0 Å². The molecule has 0 radical (unpaired) electrons. The van der Waals surface area contributed by atoms with Crippen LogP contribution >= 0.6 is 7.82 Å². The molecule has 0 fully saturated rings. The lowest BCUT2D eigenvalue weighted by molar-refractivity contribution is -0.870.